The highest BCUT2D eigenvalue weighted by molar-refractivity contribution is 5.97. The minimum Gasteiger partial charge on any atom is -0.346 e. The average molecular weight is 183 g/mol. The largest absolute Gasteiger partial charge is 0.346 e. The van der Waals surface area contributed by atoms with Crippen molar-refractivity contribution in [1.82, 2.24) is 10.2 Å². The molecule has 0 spiro atoms. The number of hydrogen-bond acceptors (Lipinski definition) is 3. The molecule has 1 aliphatic rings. The fourth-order valence-electron chi connectivity index (χ4n) is 1.11. The van der Waals surface area contributed by atoms with Crippen molar-refractivity contribution < 1.29 is 4.79 Å². The van der Waals surface area contributed by atoms with Crippen LogP contribution in [0.15, 0.2) is 4.99 Å². The Bertz CT molecular complexity index is 223. The van der Waals surface area contributed by atoms with Gasteiger partial charge in [0.1, 0.15) is 0 Å². The fraction of sp³-hybridized carbons (Fsp3) is 0.778. The van der Waals surface area contributed by atoms with E-state index in [4.69, 9.17) is 0 Å². The van der Waals surface area contributed by atoms with Crippen molar-refractivity contribution >= 4 is 11.9 Å². The third-order valence-corrected chi connectivity index (χ3v) is 2.03. The first kappa shape index (κ1) is 10.0. The molecular weight excluding hydrogens is 166 g/mol. The highest BCUT2D eigenvalue weighted by atomic mass is 16.2. The normalized spacial score (nSPS) is 17.2. The predicted octanol–water partition coefficient (Wildman–Crippen LogP) is 0.450. The summed E-state index contributed by atoms with van der Waals surface area (Å²) in [6.07, 6.45) is 1.07. The third kappa shape index (κ3) is 2.72. The Morgan fingerprint density at radius 1 is 1.62 bits per heavy atom. The van der Waals surface area contributed by atoms with Gasteiger partial charge in [0, 0.05) is 26.1 Å². The van der Waals surface area contributed by atoms with Crippen LogP contribution in [0, 0.1) is 5.92 Å². The van der Waals surface area contributed by atoms with Crippen molar-refractivity contribution in [1.29, 1.82) is 0 Å². The van der Waals surface area contributed by atoms with Gasteiger partial charge in [0.2, 0.25) is 5.91 Å². The Hall–Kier alpha value is -1.06. The van der Waals surface area contributed by atoms with Crippen LogP contribution in [-0.2, 0) is 4.79 Å². The molecule has 0 atom stereocenters. The van der Waals surface area contributed by atoms with Crippen molar-refractivity contribution in [3.8, 4) is 0 Å². The number of aliphatic imine (C=N–C) groups is 1. The van der Waals surface area contributed by atoms with Crippen LogP contribution in [0.4, 0.5) is 0 Å². The van der Waals surface area contributed by atoms with Gasteiger partial charge in [0.05, 0.1) is 0 Å². The van der Waals surface area contributed by atoms with Crippen molar-refractivity contribution in [2.75, 3.05) is 20.1 Å². The van der Waals surface area contributed by atoms with E-state index in [2.05, 4.69) is 10.3 Å². The van der Waals surface area contributed by atoms with E-state index in [1.165, 1.54) is 0 Å². The predicted molar refractivity (Wildman–Crippen MR) is 52.5 cm³/mol. The summed E-state index contributed by atoms with van der Waals surface area (Å²) in [7, 11) is 1.94. The summed E-state index contributed by atoms with van der Waals surface area (Å²) >= 11 is 0. The molecule has 1 aliphatic heterocycles. The van der Waals surface area contributed by atoms with Crippen molar-refractivity contribution in [3.05, 3.63) is 0 Å². The SMILES string of the molecule is CC(C)C(=O)NC1=NCCCN1C. The Balaban J connectivity index is 2.52. The summed E-state index contributed by atoms with van der Waals surface area (Å²) < 4.78 is 0. The Labute approximate surface area is 79.0 Å². The van der Waals surface area contributed by atoms with Crippen molar-refractivity contribution in [3.63, 3.8) is 0 Å². The molecule has 13 heavy (non-hydrogen) atoms. The standard InChI is InChI=1S/C9H17N3O/c1-7(2)8(13)11-9-10-5-4-6-12(9)3/h7H,4-6H2,1-3H3,(H,10,11,13). The molecule has 0 aliphatic carbocycles. The molecule has 1 heterocycles. The highest BCUT2D eigenvalue weighted by Gasteiger charge is 2.15. The van der Waals surface area contributed by atoms with E-state index in [-0.39, 0.29) is 11.8 Å². The van der Waals surface area contributed by atoms with Gasteiger partial charge >= 0.3 is 0 Å². The van der Waals surface area contributed by atoms with Crippen LogP contribution in [0.5, 0.6) is 0 Å². The van der Waals surface area contributed by atoms with Crippen LogP contribution in [0.3, 0.4) is 0 Å². The summed E-state index contributed by atoms with van der Waals surface area (Å²) in [4.78, 5) is 17.6. The lowest BCUT2D eigenvalue weighted by Gasteiger charge is -2.25. The van der Waals surface area contributed by atoms with Gasteiger partial charge in [-0.25, -0.2) is 0 Å². The summed E-state index contributed by atoms with van der Waals surface area (Å²) in [6.45, 7) is 5.53. The van der Waals surface area contributed by atoms with Gasteiger partial charge < -0.3 is 4.90 Å². The van der Waals surface area contributed by atoms with Crippen molar-refractivity contribution in [2.24, 2.45) is 10.9 Å². The van der Waals surface area contributed by atoms with E-state index in [1.807, 2.05) is 25.8 Å². The number of guanidine groups is 1. The number of nitrogens with one attached hydrogen (secondary N) is 1. The Kier molecular flexibility index (Phi) is 3.28. The zero-order valence-corrected chi connectivity index (χ0v) is 8.50. The second-order valence-electron chi connectivity index (χ2n) is 3.62. The molecule has 4 nitrogen and oxygen atoms in total. The van der Waals surface area contributed by atoms with Gasteiger partial charge in [0.15, 0.2) is 5.96 Å². The van der Waals surface area contributed by atoms with Gasteiger partial charge in [0.25, 0.3) is 0 Å². The molecule has 1 rings (SSSR count). The molecular formula is C9H17N3O. The molecule has 0 aromatic carbocycles. The minimum absolute atomic E-state index is 0.0121. The first-order valence-electron chi connectivity index (χ1n) is 4.67. The summed E-state index contributed by atoms with van der Waals surface area (Å²) in [5, 5.41) is 2.81. The van der Waals surface area contributed by atoms with Crippen molar-refractivity contribution in [2.45, 2.75) is 20.3 Å². The van der Waals surface area contributed by atoms with E-state index in [0.29, 0.717) is 5.96 Å². The van der Waals surface area contributed by atoms with Gasteiger partial charge in [-0.2, -0.15) is 0 Å². The van der Waals surface area contributed by atoms with Gasteiger partial charge in [-0.05, 0) is 6.42 Å². The average Bonchev–Trinajstić information content (AvgIpc) is 2.08. The molecule has 0 saturated heterocycles. The number of carbonyl (C=O) groups excluding carboxylic acids is 1. The van der Waals surface area contributed by atoms with Crippen LogP contribution in [0.25, 0.3) is 0 Å². The fourth-order valence-corrected chi connectivity index (χ4v) is 1.11. The summed E-state index contributed by atoms with van der Waals surface area (Å²) in [6, 6.07) is 0. The topological polar surface area (TPSA) is 44.7 Å². The quantitative estimate of drug-likeness (QED) is 0.641. The lowest BCUT2D eigenvalue weighted by molar-refractivity contribution is -0.122. The number of rotatable bonds is 1. The molecule has 74 valence electrons. The lowest BCUT2D eigenvalue weighted by atomic mass is 10.2. The minimum atomic E-state index is 0.0121. The number of nitrogens with zero attached hydrogens (tertiary/aromatic N) is 2. The van der Waals surface area contributed by atoms with Gasteiger partial charge in [-0.3, -0.25) is 15.1 Å². The highest BCUT2D eigenvalue weighted by Crippen LogP contribution is 1.99. The van der Waals surface area contributed by atoms with Crippen LogP contribution in [0.2, 0.25) is 0 Å². The van der Waals surface area contributed by atoms with E-state index in [0.717, 1.165) is 19.5 Å². The molecule has 1 amide bonds. The molecule has 0 radical (unpaired) electrons. The molecule has 0 bridgehead atoms. The first-order valence-corrected chi connectivity index (χ1v) is 4.67. The number of amides is 1. The molecule has 0 aromatic rings. The maximum Gasteiger partial charge on any atom is 0.229 e. The smallest absolute Gasteiger partial charge is 0.229 e. The molecule has 0 aromatic heterocycles. The molecule has 0 saturated carbocycles. The third-order valence-electron chi connectivity index (χ3n) is 2.03. The first-order chi connectivity index (χ1) is 6.11. The molecule has 1 N–H and O–H groups in total. The summed E-state index contributed by atoms with van der Waals surface area (Å²) in [5.74, 6) is 0.760. The van der Waals surface area contributed by atoms with E-state index in [1.54, 1.807) is 0 Å². The number of carbonyl (C=O) groups is 1. The van der Waals surface area contributed by atoms with Gasteiger partial charge in [-0.1, -0.05) is 13.8 Å². The van der Waals surface area contributed by atoms with Crippen LogP contribution in [0.1, 0.15) is 20.3 Å². The molecule has 0 unspecified atom stereocenters. The number of hydrogen-bond donors (Lipinski definition) is 1. The summed E-state index contributed by atoms with van der Waals surface area (Å²) in [5.41, 5.74) is 0. The van der Waals surface area contributed by atoms with E-state index < -0.39 is 0 Å². The van der Waals surface area contributed by atoms with Gasteiger partial charge in [-0.15, -0.1) is 0 Å². The second-order valence-corrected chi connectivity index (χ2v) is 3.62. The van der Waals surface area contributed by atoms with Crippen LogP contribution in [-0.4, -0.2) is 36.9 Å². The molecule has 4 heteroatoms. The van der Waals surface area contributed by atoms with Crippen LogP contribution >= 0.6 is 0 Å². The van der Waals surface area contributed by atoms with Crippen LogP contribution < -0.4 is 5.32 Å². The second kappa shape index (κ2) is 4.25. The Morgan fingerprint density at radius 3 is 2.85 bits per heavy atom. The zero-order chi connectivity index (χ0) is 9.84. The molecule has 0 fully saturated rings. The monoisotopic (exact) mass is 183 g/mol. The maximum atomic E-state index is 11.3. The Morgan fingerprint density at radius 2 is 2.31 bits per heavy atom. The maximum absolute atomic E-state index is 11.3. The van der Waals surface area contributed by atoms with E-state index in [9.17, 15) is 4.79 Å². The van der Waals surface area contributed by atoms with E-state index >= 15 is 0 Å². The lowest BCUT2D eigenvalue weighted by Crippen LogP contribution is -2.46. The zero-order valence-electron chi connectivity index (χ0n) is 8.50.